The number of hydrogen-bond donors (Lipinski definition) is 1. The molecule has 0 saturated heterocycles. The van der Waals surface area contributed by atoms with E-state index in [1.807, 2.05) is 31.1 Å². The molecular weight excluding hydrogens is 300 g/mol. The third-order valence-corrected chi connectivity index (χ3v) is 4.34. The molecule has 2 heterocycles. The molecule has 2 aromatic rings. The van der Waals surface area contributed by atoms with Crippen LogP contribution in [0.2, 0.25) is 0 Å². The predicted molar refractivity (Wildman–Crippen MR) is 97.9 cm³/mol. The number of benzene rings is 1. The molecule has 3 rings (SSSR count). The Labute approximate surface area is 143 Å². The zero-order valence-electron chi connectivity index (χ0n) is 14.3. The van der Waals surface area contributed by atoms with Gasteiger partial charge in [0.15, 0.2) is 0 Å². The largest absolute Gasteiger partial charge is 0.370 e. The van der Waals surface area contributed by atoms with Crippen molar-refractivity contribution in [1.82, 2.24) is 10.3 Å². The Balaban J connectivity index is 1.54. The average Bonchev–Trinajstić information content (AvgIpc) is 2.62. The van der Waals surface area contributed by atoms with E-state index in [4.69, 9.17) is 0 Å². The van der Waals surface area contributed by atoms with E-state index in [2.05, 4.69) is 39.5 Å². The van der Waals surface area contributed by atoms with Crippen LogP contribution in [0, 0.1) is 0 Å². The highest BCUT2D eigenvalue weighted by molar-refractivity contribution is 5.94. The molecule has 5 heteroatoms. The van der Waals surface area contributed by atoms with Crippen molar-refractivity contribution in [3.63, 3.8) is 0 Å². The number of carbonyl (C=O) groups is 1. The van der Waals surface area contributed by atoms with Gasteiger partial charge in [0.1, 0.15) is 5.82 Å². The van der Waals surface area contributed by atoms with Crippen molar-refractivity contribution in [1.29, 1.82) is 0 Å². The highest BCUT2D eigenvalue weighted by atomic mass is 16.1. The number of amides is 1. The number of aromatic nitrogens is 1. The van der Waals surface area contributed by atoms with Crippen LogP contribution in [0.3, 0.4) is 0 Å². The summed E-state index contributed by atoms with van der Waals surface area (Å²) < 4.78 is 0. The number of anilines is 2. The van der Waals surface area contributed by atoms with Crippen molar-refractivity contribution < 1.29 is 4.79 Å². The van der Waals surface area contributed by atoms with Crippen molar-refractivity contribution in [2.24, 2.45) is 0 Å². The number of nitrogens with zero attached hydrogens (tertiary/aromatic N) is 3. The first-order valence-electron chi connectivity index (χ1n) is 8.39. The van der Waals surface area contributed by atoms with E-state index >= 15 is 0 Å². The zero-order chi connectivity index (χ0) is 16.9. The summed E-state index contributed by atoms with van der Waals surface area (Å²) in [6.07, 6.45) is 3.94. The fourth-order valence-corrected chi connectivity index (χ4v) is 3.04. The van der Waals surface area contributed by atoms with Gasteiger partial charge >= 0.3 is 0 Å². The maximum atomic E-state index is 12.2. The quantitative estimate of drug-likeness (QED) is 0.917. The van der Waals surface area contributed by atoms with Crippen molar-refractivity contribution >= 4 is 17.4 Å². The van der Waals surface area contributed by atoms with Gasteiger partial charge in [-0.25, -0.2) is 4.98 Å². The van der Waals surface area contributed by atoms with E-state index < -0.39 is 0 Å². The Morgan fingerprint density at radius 1 is 1.25 bits per heavy atom. The normalized spacial score (nSPS) is 13.3. The van der Waals surface area contributed by atoms with Gasteiger partial charge in [0, 0.05) is 45.6 Å². The van der Waals surface area contributed by atoms with Gasteiger partial charge in [0.2, 0.25) is 0 Å². The van der Waals surface area contributed by atoms with Crippen molar-refractivity contribution in [3.8, 4) is 0 Å². The molecule has 1 aliphatic rings. The van der Waals surface area contributed by atoms with Crippen LogP contribution in [0.4, 0.5) is 11.5 Å². The summed E-state index contributed by atoms with van der Waals surface area (Å²) in [4.78, 5) is 20.8. The lowest BCUT2D eigenvalue weighted by Crippen LogP contribution is -2.37. The molecule has 0 spiro atoms. The SMILES string of the molecule is CN(C)c1ccc(C(=O)NCCN2CCCc3ccccc32)cn1. The molecule has 5 nitrogen and oxygen atoms in total. The molecule has 0 radical (unpaired) electrons. The Bertz CT molecular complexity index is 697. The van der Waals surface area contributed by atoms with Crippen molar-refractivity contribution in [3.05, 3.63) is 53.7 Å². The van der Waals surface area contributed by atoms with E-state index in [0.717, 1.165) is 25.3 Å². The van der Waals surface area contributed by atoms with E-state index in [1.165, 1.54) is 17.7 Å². The molecule has 1 amide bonds. The Morgan fingerprint density at radius 2 is 2.08 bits per heavy atom. The van der Waals surface area contributed by atoms with Gasteiger partial charge in [-0.2, -0.15) is 0 Å². The third-order valence-electron chi connectivity index (χ3n) is 4.34. The minimum Gasteiger partial charge on any atom is -0.370 e. The van der Waals surface area contributed by atoms with E-state index in [9.17, 15) is 4.79 Å². The number of hydrogen-bond acceptors (Lipinski definition) is 4. The highest BCUT2D eigenvalue weighted by Gasteiger charge is 2.16. The predicted octanol–water partition coefficient (Wildman–Crippen LogP) is 2.33. The zero-order valence-corrected chi connectivity index (χ0v) is 14.3. The molecule has 1 aromatic carbocycles. The van der Waals surface area contributed by atoms with Crippen LogP contribution < -0.4 is 15.1 Å². The van der Waals surface area contributed by atoms with Gasteiger partial charge in [0.05, 0.1) is 5.56 Å². The molecule has 1 aliphatic heterocycles. The second-order valence-corrected chi connectivity index (χ2v) is 6.27. The summed E-state index contributed by atoms with van der Waals surface area (Å²) in [6.45, 7) is 2.50. The highest BCUT2D eigenvalue weighted by Crippen LogP contribution is 2.25. The lowest BCUT2D eigenvalue weighted by Gasteiger charge is -2.31. The molecule has 0 saturated carbocycles. The Hall–Kier alpha value is -2.56. The molecule has 0 bridgehead atoms. The van der Waals surface area contributed by atoms with Crippen LogP contribution >= 0.6 is 0 Å². The van der Waals surface area contributed by atoms with Gasteiger partial charge in [-0.05, 0) is 36.6 Å². The number of pyridine rings is 1. The molecule has 126 valence electrons. The summed E-state index contributed by atoms with van der Waals surface area (Å²) >= 11 is 0. The minimum atomic E-state index is -0.0712. The van der Waals surface area contributed by atoms with Crippen LogP contribution in [0.5, 0.6) is 0 Å². The number of aryl methyl sites for hydroxylation is 1. The van der Waals surface area contributed by atoms with E-state index in [1.54, 1.807) is 6.20 Å². The maximum absolute atomic E-state index is 12.2. The Kier molecular flexibility index (Phi) is 4.99. The van der Waals surface area contributed by atoms with Gasteiger partial charge in [0.25, 0.3) is 5.91 Å². The number of carbonyl (C=O) groups excluding carboxylic acids is 1. The number of nitrogens with one attached hydrogen (secondary N) is 1. The number of rotatable bonds is 5. The number of fused-ring (bicyclic) bond motifs is 1. The molecule has 0 fully saturated rings. The third kappa shape index (κ3) is 3.67. The van der Waals surface area contributed by atoms with E-state index in [-0.39, 0.29) is 5.91 Å². The standard InChI is InChI=1S/C19H24N4O/c1-22(2)18-10-9-16(14-21-18)19(24)20-11-13-23-12-5-7-15-6-3-4-8-17(15)23/h3-4,6,8-10,14H,5,7,11-13H2,1-2H3,(H,20,24). The molecule has 0 atom stereocenters. The second kappa shape index (κ2) is 7.34. The van der Waals surface area contributed by atoms with Crippen LogP contribution in [-0.2, 0) is 6.42 Å². The van der Waals surface area contributed by atoms with Gasteiger partial charge in [-0.1, -0.05) is 18.2 Å². The van der Waals surface area contributed by atoms with Crippen LogP contribution in [-0.4, -0.2) is 44.6 Å². The van der Waals surface area contributed by atoms with Crippen molar-refractivity contribution in [2.45, 2.75) is 12.8 Å². The monoisotopic (exact) mass is 324 g/mol. The molecule has 1 N–H and O–H groups in total. The fraction of sp³-hybridized carbons (Fsp3) is 0.368. The first-order valence-corrected chi connectivity index (χ1v) is 8.39. The summed E-state index contributed by atoms with van der Waals surface area (Å²) in [5.41, 5.74) is 3.30. The van der Waals surface area contributed by atoms with Crippen LogP contribution in [0.1, 0.15) is 22.3 Å². The summed E-state index contributed by atoms with van der Waals surface area (Å²) in [5.74, 6) is 0.773. The number of para-hydroxylation sites is 1. The maximum Gasteiger partial charge on any atom is 0.252 e. The van der Waals surface area contributed by atoms with Crippen LogP contribution in [0.25, 0.3) is 0 Å². The van der Waals surface area contributed by atoms with Crippen LogP contribution in [0.15, 0.2) is 42.6 Å². The van der Waals surface area contributed by atoms with Gasteiger partial charge in [-0.3, -0.25) is 4.79 Å². The molecule has 0 unspecified atom stereocenters. The molecule has 24 heavy (non-hydrogen) atoms. The minimum absolute atomic E-state index is 0.0712. The topological polar surface area (TPSA) is 48.5 Å². The van der Waals surface area contributed by atoms with Gasteiger partial charge < -0.3 is 15.1 Å². The average molecular weight is 324 g/mol. The molecular formula is C19H24N4O. The first kappa shape index (κ1) is 16.3. The summed E-state index contributed by atoms with van der Waals surface area (Å²) in [6, 6.07) is 12.2. The fourth-order valence-electron chi connectivity index (χ4n) is 3.04. The first-order chi connectivity index (χ1) is 11.6. The van der Waals surface area contributed by atoms with Gasteiger partial charge in [-0.15, -0.1) is 0 Å². The van der Waals surface area contributed by atoms with Crippen molar-refractivity contribution in [2.75, 3.05) is 43.5 Å². The van der Waals surface area contributed by atoms with E-state index in [0.29, 0.717) is 12.1 Å². The molecule has 1 aromatic heterocycles. The lowest BCUT2D eigenvalue weighted by molar-refractivity contribution is 0.0954. The summed E-state index contributed by atoms with van der Waals surface area (Å²) in [5, 5.41) is 2.99. The summed E-state index contributed by atoms with van der Waals surface area (Å²) in [7, 11) is 3.86. The Morgan fingerprint density at radius 3 is 2.83 bits per heavy atom. The second-order valence-electron chi connectivity index (χ2n) is 6.27. The smallest absolute Gasteiger partial charge is 0.252 e. The lowest BCUT2D eigenvalue weighted by atomic mass is 10.0. The molecule has 0 aliphatic carbocycles.